The summed E-state index contributed by atoms with van der Waals surface area (Å²) < 4.78 is 10.9. The molecule has 0 unspecified atom stereocenters. The molecule has 252 valence electrons. The van der Waals surface area contributed by atoms with E-state index < -0.39 is 36.2 Å². The van der Waals surface area contributed by atoms with Gasteiger partial charge in [0.2, 0.25) is 5.91 Å². The Hall–Kier alpha value is -4.34. The monoisotopic (exact) mass is 645 g/mol. The fourth-order valence-electron chi connectivity index (χ4n) is 6.58. The van der Waals surface area contributed by atoms with Crippen molar-refractivity contribution < 1.29 is 33.4 Å². The smallest absolute Gasteiger partial charge is 0.340 e. The molecule has 0 radical (unpaired) electrons. The quantitative estimate of drug-likeness (QED) is 0.166. The van der Waals surface area contributed by atoms with Crippen LogP contribution in [0.1, 0.15) is 104 Å². The normalized spacial score (nSPS) is 16.4. The number of aromatic amines is 1. The van der Waals surface area contributed by atoms with Crippen LogP contribution in [0.3, 0.4) is 0 Å². The number of methoxy groups -OCH3 is 1. The predicted molar refractivity (Wildman–Crippen MR) is 179 cm³/mol. The van der Waals surface area contributed by atoms with Crippen LogP contribution in [-0.4, -0.2) is 59.0 Å². The molecule has 1 saturated carbocycles. The summed E-state index contributed by atoms with van der Waals surface area (Å²) in [5.41, 5.74) is 3.05. The van der Waals surface area contributed by atoms with Crippen molar-refractivity contribution in [3.63, 3.8) is 0 Å². The van der Waals surface area contributed by atoms with Crippen LogP contribution in [0.2, 0.25) is 0 Å². The Morgan fingerprint density at radius 3 is 2.49 bits per heavy atom. The second-order valence-corrected chi connectivity index (χ2v) is 14.0. The number of nitrogens with zero attached hydrogens (tertiary/aromatic N) is 1. The van der Waals surface area contributed by atoms with E-state index in [9.17, 15) is 24.0 Å². The summed E-state index contributed by atoms with van der Waals surface area (Å²) in [6.07, 6.45) is 3.12. The van der Waals surface area contributed by atoms with Crippen molar-refractivity contribution in [2.24, 2.45) is 17.3 Å². The van der Waals surface area contributed by atoms with Gasteiger partial charge < -0.3 is 19.8 Å². The van der Waals surface area contributed by atoms with Gasteiger partial charge in [-0.15, -0.1) is 0 Å². The molecule has 2 aromatic heterocycles. The average Bonchev–Trinajstić information content (AvgIpc) is 3.44. The molecule has 3 aromatic rings. The minimum absolute atomic E-state index is 0.0629. The summed E-state index contributed by atoms with van der Waals surface area (Å²) >= 11 is 0. The lowest BCUT2D eigenvalue weighted by atomic mass is 9.80. The number of hydrogen-bond donors (Lipinski definition) is 2. The first-order valence-corrected chi connectivity index (χ1v) is 16.3. The van der Waals surface area contributed by atoms with Gasteiger partial charge >= 0.3 is 5.97 Å². The first kappa shape index (κ1) is 35.5. The van der Waals surface area contributed by atoms with Crippen molar-refractivity contribution in [2.75, 3.05) is 13.7 Å². The zero-order chi connectivity index (χ0) is 34.5. The van der Waals surface area contributed by atoms with Gasteiger partial charge in [0.15, 0.2) is 18.2 Å². The third-order valence-corrected chi connectivity index (χ3v) is 8.79. The molecule has 47 heavy (non-hydrogen) atoms. The third kappa shape index (κ3) is 9.14. The molecule has 2 N–H and O–H groups in total. The number of rotatable bonds is 13. The van der Waals surface area contributed by atoms with E-state index in [-0.39, 0.29) is 35.7 Å². The number of Topliss-reactive ketones (excluding diaryl/α,β-unsaturated/α-hetero) is 3. The Morgan fingerprint density at radius 2 is 1.83 bits per heavy atom. The fourth-order valence-corrected chi connectivity index (χ4v) is 6.58. The predicted octanol–water partition coefficient (Wildman–Crippen LogP) is 6.18. The largest absolute Gasteiger partial charge is 0.496 e. The summed E-state index contributed by atoms with van der Waals surface area (Å²) in [6.45, 7) is 10.7. The molecule has 1 aliphatic carbocycles. The van der Waals surface area contributed by atoms with Crippen molar-refractivity contribution in [2.45, 2.75) is 92.5 Å². The Kier molecular flexibility index (Phi) is 11.4. The van der Waals surface area contributed by atoms with Crippen LogP contribution >= 0.6 is 0 Å². The van der Waals surface area contributed by atoms with Gasteiger partial charge in [0.05, 0.1) is 30.1 Å². The van der Waals surface area contributed by atoms with Gasteiger partial charge in [0, 0.05) is 41.3 Å². The number of ether oxygens (including phenoxy) is 2. The summed E-state index contributed by atoms with van der Waals surface area (Å²) in [6, 6.07) is 7.92. The van der Waals surface area contributed by atoms with Crippen molar-refractivity contribution in [1.82, 2.24) is 15.3 Å². The number of benzene rings is 1. The van der Waals surface area contributed by atoms with Crippen molar-refractivity contribution >= 4 is 40.1 Å². The fraction of sp³-hybridized carbons (Fsp3) is 0.514. The molecule has 4 rings (SSSR count). The van der Waals surface area contributed by atoms with Gasteiger partial charge in [0.1, 0.15) is 11.5 Å². The second-order valence-electron chi connectivity index (χ2n) is 14.0. The molecule has 10 nitrogen and oxygen atoms in total. The lowest BCUT2D eigenvalue weighted by Crippen LogP contribution is -2.47. The molecule has 2 heterocycles. The molecule has 3 atom stereocenters. The second kappa shape index (κ2) is 15.0. The maximum Gasteiger partial charge on any atom is 0.340 e. The molecule has 0 aliphatic heterocycles. The molecule has 10 heteroatoms. The van der Waals surface area contributed by atoms with E-state index in [2.05, 4.69) is 15.3 Å². The molecule has 0 bridgehead atoms. The number of pyridine rings is 1. The van der Waals surface area contributed by atoms with Crippen LogP contribution in [0, 0.1) is 38.0 Å². The lowest BCUT2D eigenvalue weighted by Gasteiger charge is -2.29. The number of aromatic nitrogens is 2. The minimum atomic E-state index is -1.06. The molecule has 1 aliphatic rings. The number of amides is 1. The highest BCUT2D eigenvalue weighted by atomic mass is 16.5. The SMILES string of the molecule is COc1cccc2[nH]c(C(=O)C[C@@H](CC(C)(C)C)C(=O)N[C@@H](C[C@@H]3CCCCC3=O)C(=O)COC(=O)c3c(C)cc(C)nc3C)cc12. The number of H-pyrrole nitrogens is 1. The highest BCUT2D eigenvalue weighted by molar-refractivity contribution is 6.03. The number of esters is 1. The number of nitrogens with one attached hydrogen (secondary N) is 2. The zero-order valence-corrected chi connectivity index (χ0v) is 28.6. The maximum atomic E-state index is 13.9. The number of fused-ring (bicyclic) bond motifs is 1. The van der Waals surface area contributed by atoms with Crippen LogP contribution in [0.15, 0.2) is 30.3 Å². The minimum Gasteiger partial charge on any atom is -0.496 e. The lowest BCUT2D eigenvalue weighted by molar-refractivity contribution is -0.133. The topological polar surface area (TPSA) is 145 Å². The van der Waals surface area contributed by atoms with Crippen molar-refractivity contribution in [3.05, 3.63) is 58.5 Å². The maximum absolute atomic E-state index is 13.9. The molecule has 0 saturated heterocycles. The van der Waals surface area contributed by atoms with E-state index in [4.69, 9.17) is 9.47 Å². The number of hydrogen-bond acceptors (Lipinski definition) is 8. The van der Waals surface area contributed by atoms with Gasteiger partial charge in [0.25, 0.3) is 0 Å². The van der Waals surface area contributed by atoms with E-state index >= 15 is 0 Å². The van der Waals surface area contributed by atoms with E-state index in [1.54, 1.807) is 33.1 Å². The highest BCUT2D eigenvalue weighted by Gasteiger charge is 2.34. The molecule has 0 spiro atoms. The third-order valence-electron chi connectivity index (χ3n) is 8.79. The first-order chi connectivity index (χ1) is 22.2. The van der Waals surface area contributed by atoms with Crippen LogP contribution in [0.4, 0.5) is 0 Å². The molecule has 1 amide bonds. The number of carbonyl (C=O) groups excluding carboxylic acids is 5. The van der Waals surface area contributed by atoms with E-state index in [1.807, 2.05) is 45.9 Å². The summed E-state index contributed by atoms with van der Waals surface area (Å²) in [5.74, 6) is -2.33. The summed E-state index contributed by atoms with van der Waals surface area (Å²) in [5, 5.41) is 3.64. The standard InChI is InChI=1S/C37H47N3O7/c1-21-15-22(2)38-23(3)34(21)36(45)47-20-32(43)28(16-24-11-8-9-13-30(24)41)40-35(44)25(19-37(4,5)6)17-31(42)29-18-26-27(39-29)12-10-14-33(26)46-7/h10,12,14-15,18,24-25,28,39H,8-9,11,13,16-17,19-20H2,1-7H3,(H,40,44)/t24-,25-,28-/m0/s1. The molecule has 1 aromatic carbocycles. The first-order valence-electron chi connectivity index (χ1n) is 16.3. The number of ketones is 3. The molecule has 1 fully saturated rings. The molecular weight excluding hydrogens is 598 g/mol. The van der Waals surface area contributed by atoms with Crippen molar-refractivity contribution in [3.8, 4) is 5.75 Å². The highest BCUT2D eigenvalue weighted by Crippen LogP contribution is 2.31. The van der Waals surface area contributed by atoms with E-state index in [1.165, 1.54) is 0 Å². The zero-order valence-electron chi connectivity index (χ0n) is 28.6. The Balaban J connectivity index is 1.54. The van der Waals surface area contributed by atoms with Crippen LogP contribution in [0.5, 0.6) is 5.75 Å². The van der Waals surface area contributed by atoms with Crippen LogP contribution in [-0.2, 0) is 19.1 Å². The van der Waals surface area contributed by atoms with Gasteiger partial charge in [-0.2, -0.15) is 0 Å². The Bertz CT molecular complexity index is 1640. The van der Waals surface area contributed by atoms with Gasteiger partial charge in [-0.05, 0) is 81.7 Å². The average molecular weight is 646 g/mol. The number of carbonyl (C=O) groups is 5. The van der Waals surface area contributed by atoms with Gasteiger partial charge in [-0.3, -0.25) is 24.2 Å². The van der Waals surface area contributed by atoms with E-state index in [0.717, 1.165) is 29.4 Å². The van der Waals surface area contributed by atoms with Crippen molar-refractivity contribution in [1.29, 1.82) is 0 Å². The van der Waals surface area contributed by atoms with Gasteiger partial charge in [-0.1, -0.05) is 33.3 Å². The Labute approximate surface area is 276 Å². The number of aryl methyl sites for hydroxylation is 3. The summed E-state index contributed by atoms with van der Waals surface area (Å²) in [4.78, 5) is 74.4. The van der Waals surface area contributed by atoms with E-state index in [0.29, 0.717) is 47.5 Å². The van der Waals surface area contributed by atoms with Crippen LogP contribution in [0.25, 0.3) is 10.9 Å². The van der Waals surface area contributed by atoms with Crippen LogP contribution < -0.4 is 10.1 Å². The molecular formula is C37H47N3O7. The summed E-state index contributed by atoms with van der Waals surface area (Å²) in [7, 11) is 1.56. The Morgan fingerprint density at radius 1 is 1.09 bits per heavy atom. The van der Waals surface area contributed by atoms with Gasteiger partial charge in [-0.25, -0.2) is 4.79 Å².